The predicted octanol–water partition coefficient (Wildman–Crippen LogP) is 2.92. The number of amides is 2. The number of aliphatic hydroxyl groups is 1. The van der Waals surface area contributed by atoms with Crippen LogP contribution in [0.4, 0.5) is 10.5 Å². The Bertz CT molecular complexity index is 520. The van der Waals surface area contributed by atoms with Gasteiger partial charge in [-0.25, -0.2) is 4.79 Å². The smallest absolute Gasteiger partial charge is 0.319 e. The van der Waals surface area contributed by atoms with Gasteiger partial charge in [-0.1, -0.05) is 12.1 Å². The number of hydrogen-bond donors (Lipinski definition) is 4. The summed E-state index contributed by atoms with van der Waals surface area (Å²) >= 11 is 0. The molecule has 23 heavy (non-hydrogen) atoms. The molecule has 0 heterocycles. The van der Waals surface area contributed by atoms with Gasteiger partial charge in [0.25, 0.3) is 0 Å². The van der Waals surface area contributed by atoms with Gasteiger partial charge in [0.05, 0.1) is 6.10 Å². The van der Waals surface area contributed by atoms with Crippen molar-refractivity contribution in [1.82, 2.24) is 10.6 Å². The van der Waals surface area contributed by atoms with Gasteiger partial charge in [-0.15, -0.1) is 0 Å². The Kier molecular flexibility index (Phi) is 5.18. The fourth-order valence-electron chi connectivity index (χ4n) is 3.13. The number of anilines is 1. The number of carbonyl (C=O) groups excluding carboxylic acids is 1. The van der Waals surface area contributed by atoms with Gasteiger partial charge in [0, 0.05) is 23.8 Å². The summed E-state index contributed by atoms with van der Waals surface area (Å²) in [5.41, 5.74) is 2.03. The average Bonchev–Trinajstić information content (AvgIpc) is 3.34. The van der Waals surface area contributed by atoms with Crippen LogP contribution in [0.25, 0.3) is 0 Å². The summed E-state index contributed by atoms with van der Waals surface area (Å²) in [6.07, 6.45) is 5.92. The Morgan fingerprint density at radius 3 is 2.26 bits per heavy atom. The Labute approximate surface area is 137 Å². The molecule has 1 unspecified atom stereocenters. The number of benzene rings is 1. The normalized spacial score (nSPS) is 25.7. The minimum atomic E-state index is -0.118. The lowest BCUT2D eigenvalue weighted by atomic mass is 9.92. The monoisotopic (exact) mass is 317 g/mol. The fourth-order valence-corrected chi connectivity index (χ4v) is 3.13. The van der Waals surface area contributed by atoms with E-state index in [1.165, 1.54) is 5.56 Å². The standard InChI is InChI=1S/C18H27N3O2/c1-12(19-14-8-10-17(22)11-9-14)13-2-4-15(5-3-13)20-18(23)21-16-6-7-16/h2-5,12,14,16-17,19,22H,6-11H2,1H3,(H2,20,21,23). The highest BCUT2D eigenvalue weighted by atomic mass is 16.3. The molecule has 5 nitrogen and oxygen atoms in total. The number of rotatable bonds is 5. The van der Waals surface area contributed by atoms with Gasteiger partial charge in [0.2, 0.25) is 0 Å². The largest absolute Gasteiger partial charge is 0.393 e. The fraction of sp³-hybridized carbons (Fsp3) is 0.611. The molecule has 3 rings (SSSR count). The van der Waals surface area contributed by atoms with Crippen LogP contribution in [0.2, 0.25) is 0 Å². The molecule has 4 N–H and O–H groups in total. The summed E-state index contributed by atoms with van der Waals surface area (Å²) in [4.78, 5) is 11.7. The Morgan fingerprint density at radius 1 is 1.04 bits per heavy atom. The molecule has 2 aliphatic carbocycles. The van der Waals surface area contributed by atoms with Gasteiger partial charge in [0.1, 0.15) is 0 Å². The molecule has 5 heteroatoms. The molecule has 2 saturated carbocycles. The Balaban J connectivity index is 1.48. The minimum Gasteiger partial charge on any atom is -0.393 e. The molecule has 0 aliphatic heterocycles. The molecule has 2 amide bonds. The maximum Gasteiger partial charge on any atom is 0.319 e. The summed E-state index contributed by atoms with van der Waals surface area (Å²) in [5.74, 6) is 0. The second-order valence-corrected chi connectivity index (χ2v) is 6.89. The van der Waals surface area contributed by atoms with E-state index in [9.17, 15) is 9.90 Å². The molecule has 0 radical (unpaired) electrons. The van der Waals surface area contributed by atoms with Crippen molar-refractivity contribution in [3.8, 4) is 0 Å². The third kappa shape index (κ3) is 4.94. The molecule has 126 valence electrons. The van der Waals surface area contributed by atoms with Crippen LogP contribution in [0.15, 0.2) is 24.3 Å². The second kappa shape index (κ2) is 7.32. The van der Waals surface area contributed by atoms with Gasteiger partial charge >= 0.3 is 6.03 Å². The Hall–Kier alpha value is -1.59. The highest BCUT2D eigenvalue weighted by Gasteiger charge is 2.23. The molecule has 0 aromatic heterocycles. The SMILES string of the molecule is CC(NC1CCC(O)CC1)c1ccc(NC(=O)NC2CC2)cc1. The van der Waals surface area contributed by atoms with E-state index in [-0.39, 0.29) is 18.2 Å². The first-order valence-electron chi connectivity index (χ1n) is 8.72. The van der Waals surface area contributed by atoms with Crippen molar-refractivity contribution in [2.75, 3.05) is 5.32 Å². The molecule has 2 aliphatic rings. The van der Waals surface area contributed by atoms with Crippen LogP contribution in [0.3, 0.4) is 0 Å². The second-order valence-electron chi connectivity index (χ2n) is 6.89. The highest BCUT2D eigenvalue weighted by Crippen LogP contribution is 2.23. The van der Waals surface area contributed by atoms with E-state index in [1.54, 1.807) is 0 Å². The number of aliphatic hydroxyl groups excluding tert-OH is 1. The van der Waals surface area contributed by atoms with Crippen molar-refractivity contribution >= 4 is 11.7 Å². The number of nitrogens with one attached hydrogen (secondary N) is 3. The summed E-state index contributed by atoms with van der Waals surface area (Å²) in [6.45, 7) is 2.16. The van der Waals surface area contributed by atoms with Crippen LogP contribution >= 0.6 is 0 Å². The van der Waals surface area contributed by atoms with Crippen molar-refractivity contribution in [1.29, 1.82) is 0 Å². The predicted molar refractivity (Wildman–Crippen MR) is 91.4 cm³/mol. The lowest BCUT2D eigenvalue weighted by Crippen LogP contribution is -2.36. The average molecular weight is 317 g/mol. The maximum atomic E-state index is 11.7. The molecule has 0 bridgehead atoms. The molecule has 1 aromatic rings. The zero-order valence-electron chi connectivity index (χ0n) is 13.7. The van der Waals surface area contributed by atoms with Crippen molar-refractivity contribution in [3.05, 3.63) is 29.8 Å². The molecule has 1 aromatic carbocycles. The van der Waals surface area contributed by atoms with Crippen LogP contribution in [0, 0.1) is 0 Å². The minimum absolute atomic E-state index is 0.115. The van der Waals surface area contributed by atoms with Gasteiger partial charge in [0.15, 0.2) is 0 Å². The molecule has 1 atom stereocenters. The van der Waals surface area contributed by atoms with Crippen LogP contribution in [-0.2, 0) is 0 Å². The molecule has 0 spiro atoms. The summed E-state index contributed by atoms with van der Waals surface area (Å²) in [7, 11) is 0. The van der Waals surface area contributed by atoms with Gasteiger partial charge in [-0.05, 0) is 63.1 Å². The lowest BCUT2D eigenvalue weighted by molar-refractivity contribution is 0.114. The number of carbonyl (C=O) groups is 1. The first-order valence-corrected chi connectivity index (χ1v) is 8.72. The van der Waals surface area contributed by atoms with Gasteiger partial charge < -0.3 is 21.1 Å². The maximum absolute atomic E-state index is 11.7. The van der Waals surface area contributed by atoms with E-state index < -0.39 is 0 Å². The quantitative estimate of drug-likeness (QED) is 0.674. The summed E-state index contributed by atoms with van der Waals surface area (Å²) < 4.78 is 0. The zero-order valence-corrected chi connectivity index (χ0v) is 13.7. The highest BCUT2D eigenvalue weighted by molar-refractivity contribution is 5.89. The van der Waals surface area contributed by atoms with E-state index in [1.807, 2.05) is 12.1 Å². The molecule has 2 fully saturated rings. The number of urea groups is 1. The topological polar surface area (TPSA) is 73.4 Å². The molecular weight excluding hydrogens is 290 g/mol. The van der Waals surface area contributed by atoms with Crippen molar-refractivity contribution < 1.29 is 9.90 Å². The van der Waals surface area contributed by atoms with Gasteiger partial charge in [-0.2, -0.15) is 0 Å². The van der Waals surface area contributed by atoms with Crippen LogP contribution < -0.4 is 16.0 Å². The third-order valence-corrected chi connectivity index (χ3v) is 4.76. The third-order valence-electron chi connectivity index (χ3n) is 4.76. The van der Waals surface area contributed by atoms with Crippen LogP contribution in [-0.4, -0.2) is 29.3 Å². The summed E-state index contributed by atoms with van der Waals surface area (Å²) in [5, 5.41) is 19.0. The molecule has 0 saturated heterocycles. The van der Waals surface area contributed by atoms with E-state index in [4.69, 9.17) is 0 Å². The van der Waals surface area contributed by atoms with Crippen LogP contribution in [0.1, 0.15) is 57.1 Å². The van der Waals surface area contributed by atoms with E-state index in [0.717, 1.165) is 44.2 Å². The zero-order chi connectivity index (χ0) is 16.2. The van der Waals surface area contributed by atoms with E-state index in [2.05, 4.69) is 35.0 Å². The first kappa shape index (κ1) is 16.3. The Morgan fingerprint density at radius 2 is 1.65 bits per heavy atom. The lowest BCUT2D eigenvalue weighted by Gasteiger charge is -2.29. The first-order chi connectivity index (χ1) is 11.1. The van der Waals surface area contributed by atoms with Crippen molar-refractivity contribution in [2.45, 2.75) is 69.7 Å². The van der Waals surface area contributed by atoms with E-state index in [0.29, 0.717) is 12.1 Å². The van der Waals surface area contributed by atoms with Crippen molar-refractivity contribution in [2.24, 2.45) is 0 Å². The van der Waals surface area contributed by atoms with Crippen molar-refractivity contribution in [3.63, 3.8) is 0 Å². The summed E-state index contributed by atoms with van der Waals surface area (Å²) in [6, 6.07) is 9.01. The van der Waals surface area contributed by atoms with Gasteiger partial charge in [-0.3, -0.25) is 0 Å². The van der Waals surface area contributed by atoms with Crippen LogP contribution in [0.5, 0.6) is 0 Å². The molecular formula is C18H27N3O2. The van der Waals surface area contributed by atoms with E-state index >= 15 is 0 Å². The number of hydrogen-bond acceptors (Lipinski definition) is 3.